The summed E-state index contributed by atoms with van der Waals surface area (Å²) in [6.45, 7) is 21.4. The lowest BCUT2D eigenvalue weighted by molar-refractivity contribution is -0.292. The van der Waals surface area contributed by atoms with Gasteiger partial charge < -0.3 is 73.9 Å². The third-order valence-electron chi connectivity index (χ3n) is 21.4. The zero-order chi connectivity index (χ0) is 66.3. The number of aliphatic hydroxyl groups is 1. The fraction of sp³-hybridized carbons (Fsp3) is 0.841. The summed E-state index contributed by atoms with van der Waals surface area (Å²) in [6, 6.07) is -1.97. The molecule has 24 heteroatoms. The number of hydrogen-bond acceptors (Lipinski definition) is 19. The summed E-state index contributed by atoms with van der Waals surface area (Å²) < 4.78 is 61.0. The smallest absolute Gasteiger partial charge is 0.243 e. The summed E-state index contributed by atoms with van der Waals surface area (Å²) in [5, 5.41) is 22.3. The van der Waals surface area contributed by atoms with E-state index in [1.165, 1.54) is 4.90 Å². The molecule has 522 valence electrons. The van der Waals surface area contributed by atoms with Crippen molar-refractivity contribution in [1.82, 2.24) is 31.1 Å². The summed E-state index contributed by atoms with van der Waals surface area (Å²) >= 11 is 4.18. The van der Waals surface area contributed by atoms with E-state index in [1.807, 2.05) is 0 Å². The maximum Gasteiger partial charge on any atom is 0.243 e. The largest absolute Gasteiger partial charge is 0.391 e. The third-order valence-corrected chi connectivity index (χ3v) is 21.8. The highest BCUT2D eigenvalue weighted by Gasteiger charge is 2.69. The number of nitrogens with zero attached hydrogens (tertiary/aromatic N) is 2. The van der Waals surface area contributed by atoms with Crippen LogP contribution < -0.4 is 21.3 Å². The Bertz CT molecular complexity index is 2650. The molecule has 11 aliphatic heterocycles. The molecule has 11 rings (SSSR count). The van der Waals surface area contributed by atoms with E-state index in [0.717, 1.165) is 82.1 Å². The average Bonchev–Trinajstić information content (AvgIpc) is 1.55. The maximum atomic E-state index is 14.6. The van der Waals surface area contributed by atoms with Gasteiger partial charge in [-0.05, 0) is 133 Å². The molecule has 1 spiro atoms. The number of likely N-dealkylation sites (tertiary alicyclic amines) is 1. The van der Waals surface area contributed by atoms with Crippen LogP contribution in [0.15, 0.2) is 24.3 Å². The minimum absolute atomic E-state index is 0.00224. The second-order valence-electron chi connectivity index (χ2n) is 28.8. The molecule has 0 radical (unpaired) electrons. The molecule has 93 heavy (non-hydrogen) atoms. The Hall–Kier alpha value is -3.92. The van der Waals surface area contributed by atoms with E-state index in [0.29, 0.717) is 57.8 Å². The quantitative estimate of drug-likeness (QED) is 0.0265. The number of amides is 6. The number of carbonyl (C=O) groups excluding carboxylic acids is 7. The van der Waals surface area contributed by atoms with Gasteiger partial charge in [0.1, 0.15) is 48.4 Å². The van der Waals surface area contributed by atoms with Crippen LogP contribution in [-0.2, 0) is 76.2 Å². The van der Waals surface area contributed by atoms with E-state index < -0.39 is 89.9 Å². The monoisotopic (exact) mass is 1320 g/mol. The summed E-state index contributed by atoms with van der Waals surface area (Å²) in [5.74, 6) is -3.99. The van der Waals surface area contributed by atoms with Gasteiger partial charge in [0, 0.05) is 77.5 Å². The van der Waals surface area contributed by atoms with Crippen LogP contribution in [0.1, 0.15) is 182 Å². The first-order chi connectivity index (χ1) is 44.6. The Kier molecular flexibility index (Phi) is 25.2. The fourth-order valence-electron chi connectivity index (χ4n) is 16.4. The minimum Gasteiger partial charge on any atom is -0.391 e. The highest BCUT2D eigenvalue weighted by Crippen LogP contribution is 2.54. The van der Waals surface area contributed by atoms with Gasteiger partial charge >= 0.3 is 0 Å². The number of aliphatic hydroxyl groups excluding tert-OH is 1. The average molecular weight is 1330 g/mol. The van der Waals surface area contributed by atoms with Gasteiger partial charge in [-0.25, -0.2) is 0 Å². The molecule has 11 heterocycles. The van der Waals surface area contributed by atoms with E-state index in [2.05, 4.69) is 72.7 Å². The number of hydrogen-bond donors (Lipinski definition) is 6. The predicted molar refractivity (Wildman–Crippen MR) is 345 cm³/mol. The van der Waals surface area contributed by atoms with Crippen LogP contribution in [0.2, 0.25) is 0 Å². The number of rotatable bonds is 27. The van der Waals surface area contributed by atoms with Crippen molar-refractivity contribution in [2.24, 2.45) is 17.8 Å². The van der Waals surface area contributed by atoms with Gasteiger partial charge in [0.2, 0.25) is 35.4 Å². The molecule has 0 aromatic rings. The van der Waals surface area contributed by atoms with Crippen LogP contribution in [-0.4, -0.2) is 223 Å². The molecule has 3 unspecified atom stereocenters. The summed E-state index contributed by atoms with van der Waals surface area (Å²) in [5.41, 5.74) is 2.05. The Labute approximate surface area is 555 Å². The lowest BCUT2D eigenvalue weighted by atomic mass is 9.81. The summed E-state index contributed by atoms with van der Waals surface area (Å²) in [6.07, 6.45) is 6.80. The standard InChI is InChI=1S/C69H108N6O17S/c1-9-24-74(25-10-2)26-15-13-16-48(72-67(82)59(38(3)4)73-56(78)17-12-11-14-27-75-58(80)34-55(93)68(75)83)66(81)71-37-57(79)70-36-43(77)32-53-60(84-8)47-31-42(76)30-45-19-21-50-61(87-45)65-64-63(89-50)62-54(90-64)35-69(91-62,92-65)23-22-46-29-40(6)49(85-46)20-18-44-28-39(5)41(7)51(86-44)33-52(47)88-53/h38-39,43-55,59-65,77,93H,6-7,9-37H2,1-5,8H3,(H,70,79)(H,71,81)(H,72,82)(H,73,78)/t39-,43+,44+,45-,46+,47+,48+,49?,50+,51-,52+,53-,54?,55?,59+,60-,61+,62+,63+,64-,65+,69+/m1/s1. The molecular formula is C69H108N6O17S. The summed E-state index contributed by atoms with van der Waals surface area (Å²) in [7, 11) is 1.59. The first-order valence-corrected chi connectivity index (χ1v) is 35.9. The van der Waals surface area contributed by atoms with Crippen LogP contribution in [0.4, 0.5) is 0 Å². The number of Topliss-reactive ketones (excluding diaryl/α,β-unsaturated/α-hetero) is 1. The molecule has 0 aromatic heterocycles. The number of thiol groups is 1. The maximum absolute atomic E-state index is 14.6. The third kappa shape index (κ3) is 17.7. The number of carbonyl (C=O) groups is 7. The number of ketones is 1. The number of imide groups is 1. The zero-order valence-electron chi connectivity index (χ0n) is 55.9. The Morgan fingerprint density at radius 2 is 1.46 bits per heavy atom. The Balaban J connectivity index is 0.754. The normalized spacial score (nSPS) is 36.8. The van der Waals surface area contributed by atoms with Crippen molar-refractivity contribution >= 4 is 53.9 Å². The van der Waals surface area contributed by atoms with E-state index in [1.54, 1.807) is 21.0 Å². The molecule has 6 amide bonds. The molecule has 11 aliphatic rings. The fourth-order valence-corrected chi connectivity index (χ4v) is 16.7. The van der Waals surface area contributed by atoms with Crippen molar-refractivity contribution in [3.05, 3.63) is 24.3 Å². The number of ether oxygens (including phenoxy) is 9. The van der Waals surface area contributed by atoms with Gasteiger partial charge in [0.15, 0.2) is 5.79 Å². The van der Waals surface area contributed by atoms with Gasteiger partial charge in [0.25, 0.3) is 0 Å². The number of unbranched alkanes of at least 4 members (excludes halogenated alkanes) is 3. The van der Waals surface area contributed by atoms with Crippen LogP contribution in [0.25, 0.3) is 0 Å². The van der Waals surface area contributed by atoms with Gasteiger partial charge in [0.05, 0.1) is 78.9 Å². The van der Waals surface area contributed by atoms with Gasteiger partial charge in [-0.1, -0.05) is 54.2 Å². The van der Waals surface area contributed by atoms with Gasteiger partial charge in [-0.2, -0.15) is 12.6 Å². The first-order valence-electron chi connectivity index (χ1n) is 35.4. The Morgan fingerprint density at radius 1 is 0.731 bits per heavy atom. The topological polar surface area (TPSA) is 277 Å². The van der Waals surface area contributed by atoms with Crippen LogP contribution in [0.5, 0.6) is 0 Å². The van der Waals surface area contributed by atoms with E-state index in [9.17, 15) is 38.7 Å². The summed E-state index contributed by atoms with van der Waals surface area (Å²) in [4.78, 5) is 97.4. The van der Waals surface area contributed by atoms with E-state index >= 15 is 0 Å². The van der Waals surface area contributed by atoms with Gasteiger partial charge in [-0.15, -0.1) is 0 Å². The van der Waals surface area contributed by atoms with Crippen LogP contribution in [0.3, 0.4) is 0 Å². The molecule has 22 atom stereocenters. The SMILES string of the molecule is C=C1C[C@@H]2CC[C@@]34CC5O[C@H]6[C@@H](O3)[C@H]3O[C@H](CC[C@@H]3O[C@H]6[C@H]5O4)CC(=O)C[C@@H]3[C@@H](OC)[C@@H](C[C@H](O)CNC(=O)CNC(=O)[C@H](CCCCN(CCC)CCC)NC(=O)[C@@H](NC(=O)CCCCCN4C(=O)CC(S)C4=O)C(C)C)O[C@H]3C[C@H]3O[C@@H](CCC1O2)C[C@@H](C)C3=C. The highest BCUT2D eigenvalue weighted by atomic mass is 32.1. The van der Waals surface area contributed by atoms with Crippen molar-refractivity contribution in [2.75, 3.05) is 46.4 Å². The molecule has 0 saturated carbocycles. The van der Waals surface area contributed by atoms with Crippen LogP contribution >= 0.6 is 12.6 Å². The van der Waals surface area contributed by atoms with Crippen molar-refractivity contribution in [3.8, 4) is 0 Å². The van der Waals surface area contributed by atoms with Crippen molar-refractivity contribution < 1.29 is 81.3 Å². The molecule has 0 aliphatic carbocycles. The number of fused-ring (bicyclic) bond motifs is 6. The number of methoxy groups -OCH3 is 1. The first kappa shape index (κ1) is 71.8. The second kappa shape index (κ2) is 32.6. The molecular weight excluding hydrogens is 1220 g/mol. The second-order valence-corrected chi connectivity index (χ2v) is 29.4. The van der Waals surface area contributed by atoms with Crippen molar-refractivity contribution in [2.45, 2.75) is 303 Å². The van der Waals surface area contributed by atoms with Crippen LogP contribution in [0, 0.1) is 17.8 Å². The Morgan fingerprint density at radius 3 is 2.20 bits per heavy atom. The van der Waals surface area contributed by atoms with Crippen molar-refractivity contribution in [1.29, 1.82) is 0 Å². The molecule has 0 aromatic carbocycles. The highest BCUT2D eigenvalue weighted by molar-refractivity contribution is 7.81. The van der Waals surface area contributed by atoms with Crippen molar-refractivity contribution in [3.63, 3.8) is 0 Å². The lowest BCUT2D eigenvalue weighted by Gasteiger charge is -2.47. The molecule has 23 nitrogen and oxygen atoms in total. The lowest BCUT2D eigenvalue weighted by Crippen LogP contribution is -2.61. The van der Waals surface area contributed by atoms with E-state index in [-0.39, 0.29) is 148 Å². The predicted octanol–water partition coefficient (Wildman–Crippen LogP) is 5.25. The molecule has 12 bridgehead atoms. The molecule has 5 N–H and O–H groups in total. The molecule has 11 fully saturated rings. The number of nitrogens with one attached hydrogen (secondary N) is 4. The van der Waals surface area contributed by atoms with E-state index in [4.69, 9.17) is 42.6 Å². The van der Waals surface area contributed by atoms with Gasteiger partial charge in [-0.3, -0.25) is 38.5 Å². The minimum atomic E-state index is -1.11. The zero-order valence-corrected chi connectivity index (χ0v) is 56.8. The molecule has 11 saturated heterocycles.